The Kier molecular flexibility index (Phi) is 7.35. The molecule has 1 atom stereocenters. The highest BCUT2D eigenvalue weighted by Crippen LogP contribution is 2.22. The zero-order valence-electron chi connectivity index (χ0n) is 18.0. The number of hydrogen-bond acceptors (Lipinski definition) is 5. The van der Waals surface area contributed by atoms with Crippen LogP contribution in [-0.2, 0) is 4.79 Å². The van der Waals surface area contributed by atoms with E-state index in [1.807, 2.05) is 24.3 Å². The minimum absolute atomic E-state index is 0.0566. The van der Waals surface area contributed by atoms with E-state index in [4.69, 9.17) is 0 Å². The third-order valence-electron chi connectivity index (χ3n) is 6.33. The highest BCUT2D eigenvalue weighted by Gasteiger charge is 2.25. The number of anilines is 2. The summed E-state index contributed by atoms with van der Waals surface area (Å²) in [5, 5.41) is 3.15. The summed E-state index contributed by atoms with van der Waals surface area (Å²) in [6, 6.07) is 10.8. The SMILES string of the molecule is O=C(NCCCN1CCN(c2ccc(F)cc2)CC1)[C@@H]1CCCN(c2ccncc2)C1. The van der Waals surface area contributed by atoms with Crippen molar-refractivity contribution < 1.29 is 9.18 Å². The molecule has 0 unspecified atom stereocenters. The lowest BCUT2D eigenvalue weighted by Crippen LogP contribution is -2.47. The Balaban J connectivity index is 1.13. The van der Waals surface area contributed by atoms with Crippen LogP contribution in [0.1, 0.15) is 19.3 Å². The molecule has 166 valence electrons. The number of amides is 1. The molecule has 0 spiro atoms. The number of nitrogens with zero attached hydrogens (tertiary/aromatic N) is 4. The van der Waals surface area contributed by atoms with E-state index in [0.29, 0.717) is 0 Å². The van der Waals surface area contributed by atoms with Gasteiger partial charge in [0.15, 0.2) is 0 Å². The van der Waals surface area contributed by atoms with Crippen molar-refractivity contribution in [2.75, 3.05) is 62.2 Å². The van der Waals surface area contributed by atoms with Crippen LogP contribution in [0.15, 0.2) is 48.8 Å². The number of carbonyl (C=O) groups excluding carboxylic acids is 1. The molecule has 0 aliphatic carbocycles. The Morgan fingerprint density at radius 1 is 0.968 bits per heavy atom. The summed E-state index contributed by atoms with van der Waals surface area (Å²) >= 11 is 0. The maximum Gasteiger partial charge on any atom is 0.224 e. The average Bonchev–Trinajstić information content (AvgIpc) is 2.83. The summed E-state index contributed by atoms with van der Waals surface area (Å²) in [4.78, 5) is 23.8. The molecular formula is C24H32FN5O. The van der Waals surface area contributed by atoms with E-state index in [-0.39, 0.29) is 17.6 Å². The Morgan fingerprint density at radius 2 is 1.68 bits per heavy atom. The van der Waals surface area contributed by atoms with Gasteiger partial charge in [-0.2, -0.15) is 0 Å². The monoisotopic (exact) mass is 425 g/mol. The predicted molar refractivity (Wildman–Crippen MR) is 122 cm³/mol. The van der Waals surface area contributed by atoms with E-state index >= 15 is 0 Å². The van der Waals surface area contributed by atoms with E-state index < -0.39 is 0 Å². The number of pyridine rings is 1. The second kappa shape index (κ2) is 10.6. The fraction of sp³-hybridized carbons (Fsp3) is 0.500. The largest absolute Gasteiger partial charge is 0.371 e. The summed E-state index contributed by atoms with van der Waals surface area (Å²) in [7, 11) is 0. The quantitative estimate of drug-likeness (QED) is 0.692. The molecule has 1 aromatic heterocycles. The summed E-state index contributed by atoms with van der Waals surface area (Å²) in [5.74, 6) is 0.0452. The molecule has 2 fully saturated rings. The lowest BCUT2D eigenvalue weighted by atomic mass is 9.96. The van der Waals surface area contributed by atoms with Gasteiger partial charge in [-0.05, 0) is 62.2 Å². The van der Waals surface area contributed by atoms with Crippen molar-refractivity contribution >= 4 is 17.3 Å². The second-order valence-electron chi connectivity index (χ2n) is 8.44. The molecule has 6 nitrogen and oxygen atoms in total. The van der Waals surface area contributed by atoms with Gasteiger partial charge in [0.2, 0.25) is 5.91 Å². The van der Waals surface area contributed by atoms with Gasteiger partial charge in [0, 0.05) is 69.6 Å². The van der Waals surface area contributed by atoms with Crippen molar-refractivity contribution in [3.63, 3.8) is 0 Å². The fourth-order valence-corrected chi connectivity index (χ4v) is 4.52. The molecule has 2 saturated heterocycles. The summed E-state index contributed by atoms with van der Waals surface area (Å²) in [5.41, 5.74) is 2.23. The molecule has 2 aromatic rings. The van der Waals surface area contributed by atoms with E-state index in [2.05, 4.69) is 25.0 Å². The fourth-order valence-electron chi connectivity index (χ4n) is 4.52. The van der Waals surface area contributed by atoms with Crippen molar-refractivity contribution in [2.45, 2.75) is 19.3 Å². The normalized spacial score (nSPS) is 20.0. The topological polar surface area (TPSA) is 51.7 Å². The number of hydrogen-bond donors (Lipinski definition) is 1. The van der Waals surface area contributed by atoms with Gasteiger partial charge < -0.3 is 15.1 Å². The van der Waals surface area contributed by atoms with Gasteiger partial charge >= 0.3 is 0 Å². The van der Waals surface area contributed by atoms with Crippen molar-refractivity contribution in [3.8, 4) is 0 Å². The molecule has 3 heterocycles. The maximum atomic E-state index is 13.1. The van der Waals surface area contributed by atoms with E-state index in [0.717, 1.165) is 83.0 Å². The summed E-state index contributed by atoms with van der Waals surface area (Å²) < 4.78 is 13.1. The van der Waals surface area contributed by atoms with Crippen LogP contribution in [0.2, 0.25) is 0 Å². The number of aromatic nitrogens is 1. The first kappa shape index (κ1) is 21.6. The minimum Gasteiger partial charge on any atom is -0.371 e. The Morgan fingerprint density at radius 3 is 2.42 bits per heavy atom. The number of rotatable bonds is 7. The first-order chi connectivity index (χ1) is 15.2. The van der Waals surface area contributed by atoms with Gasteiger partial charge in [-0.1, -0.05) is 0 Å². The highest BCUT2D eigenvalue weighted by atomic mass is 19.1. The molecule has 7 heteroatoms. The highest BCUT2D eigenvalue weighted by molar-refractivity contribution is 5.79. The third-order valence-corrected chi connectivity index (χ3v) is 6.33. The van der Waals surface area contributed by atoms with Gasteiger partial charge in [0.25, 0.3) is 0 Å². The van der Waals surface area contributed by atoms with Gasteiger partial charge in [-0.15, -0.1) is 0 Å². The van der Waals surface area contributed by atoms with Crippen LogP contribution >= 0.6 is 0 Å². The van der Waals surface area contributed by atoms with Gasteiger partial charge in [-0.25, -0.2) is 4.39 Å². The molecule has 1 amide bonds. The maximum absolute atomic E-state index is 13.1. The zero-order chi connectivity index (χ0) is 21.5. The average molecular weight is 426 g/mol. The molecular weight excluding hydrogens is 393 g/mol. The molecule has 0 radical (unpaired) electrons. The number of piperidine rings is 1. The van der Waals surface area contributed by atoms with Crippen LogP contribution in [0.25, 0.3) is 0 Å². The number of benzene rings is 1. The first-order valence-electron chi connectivity index (χ1n) is 11.3. The summed E-state index contributed by atoms with van der Waals surface area (Å²) in [6.07, 6.45) is 6.57. The van der Waals surface area contributed by atoms with Crippen LogP contribution in [0, 0.1) is 11.7 Å². The van der Waals surface area contributed by atoms with Crippen molar-refractivity contribution in [1.29, 1.82) is 0 Å². The van der Waals surface area contributed by atoms with E-state index in [1.165, 1.54) is 12.1 Å². The van der Waals surface area contributed by atoms with Gasteiger partial charge in [-0.3, -0.25) is 14.7 Å². The molecule has 0 bridgehead atoms. The van der Waals surface area contributed by atoms with Crippen molar-refractivity contribution in [2.24, 2.45) is 5.92 Å². The Bertz CT molecular complexity index is 824. The molecule has 2 aliphatic heterocycles. The van der Waals surface area contributed by atoms with Crippen LogP contribution in [0.5, 0.6) is 0 Å². The molecule has 0 saturated carbocycles. The van der Waals surface area contributed by atoms with Crippen LogP contribution in [0.4, 0.5) is 15.8 Å². The van der Waals surface area contributed by atoms with Crippen LogP contribution < -0.4 is 15.1 Å². The smallest absolute Gasteiger partial charge is 0.224 e. The van der Waals surface area contributed by atoms with E-state index in [1.54, 1.807) is 12.4 Å². The zero-order valence-corrected chi connectivity index (χ0v) is 18.0. The number of piperazine rings is 1. The molecule has 31 heavy (non-hydrogen) atoms. The third kappa shape index (κ3) is 5.94. The van der Waals surface area contributed by atoms with Crippen LogP contribution in [-0.4, -0.2) is 68.1 Å². The number of carbonyl (C=O) groups is 1. The molecule has 1 N–H and O–H groups in total. The van der Waals surface area contributed by atoms with E-state index in [9.17, 15) is 9.18 Å². The summed E-state index contributed by atoms with van der Waals surface area (Å²) in [6.45, 7) is 7.38. The van der Waals surface area contributed by atoms with Crippen molar-refractivity contribution in [3.05, 3.63) is 54.6 Å². The standard InChI is InChI=1S/C24H32FN5O/c25-21-4-6-22(7-5-21)29-17-15-28(16-18-29)13-2-10-27-24(31)20-3-1-14-30(19-20)23-8-11-26-12-9-23/h4-9,11-12,20H,1-3,10,13-19H2,(H,27,31)/t20-/m1/s1. The molecule has 2 aliphatic rings. The van der Waals surface area contributed by atoms with Crippen LogP contribution in [0.3, 0.4) is 0 Å². The lowest BCUT2D eigenvalue weighted by Gasteiger charge is -2.36. The van der Waals surface area contributed by atoms with Crippen molar-refractivity contribution in [1.82, 2.24) is 15.2 Å². The van der Waals surface area contributed by atoms with Gasteiger partial charge in [0.1, 0.15) is 5.82 Å². The van der Waals surface area contributed by atoms with Gasteiger partial charge in [0.05, 0.1) is 5.92 Å². The molecule has 4 rings (SSSR count). The number of nitrogens with one attached hydrogen (secondary N) is 1. The Labute approximate surface area is 184 Å². The Hall–Kier alpha value is -2.67. The molecule has 1 aromatic carbocycles. The lowest BCUT2D eigenvalue weighted by molar-refractivity contribution is -0.125. The predicted octanol–water partition coefficient (Wildman–Crippen LogP) is 2.77. The number of halogens is 1. The minimum atomic E-state index is -0.192. The first-order valence-corrected chi connectivity index (χ1v) is 11.3. The second-order valence-corrected chi connectivity index (χ2v) is 8.44.